The van der Waals surface area contributed by atoms with Crippen LogP contribution < -0.4 is 10.6 Å². The minimum atomic E-state index is -0.378. The lowest BCUT2D eigenvalue weighted by Gasteiger charge is -2.03. The predicted molar refractivity (Wildman–Crippen MR) is 126 cm³/mol. The summed E-state index contributed by atoms with van der Waals surface area (Å²) in [5.74, 6) is -0.483. The lowest BCUT2D eigenvalue weighted by molar-refractivity contribution is 0.0995. The molecule has 6 nitrogen and oxygen atoms in total. The van der Waals surface area contributed by atoms with Crippen molar-refractivity contribution < 1.29 is 14.0 Å². The van der Waals surface area contributed by atoms with E-state index in [1.165, 1.54) is 28.9 Å². The van der Waals surface area contributed by atoms with E-state index in [4.69, 9.17) is 27.6 Å². The smallest absolute Gasteiger partial charge is 0.293 e. The first-order valence-corrected chi connectivity index (χ1v) is 11.3. The molecule has 5 rings (SSSR count). The molecule has 0 unspecified atom stereocenters. The van der Waals surface area contributed by atoms with Gasteiger partial charge in [0.25, 0.3) is 11.8 Å². The third kappa shape index (κ3) is 3.90. The van der Waals surface area contributed by atoms with E-state index in [1.54, 1.807) is 48.5 Å². The number of benzene rings is 2. The van der Waals surface area contributed by atoms with Gasteiger partial charge in [0.15, 0.2) is 10.9 Å². The van der Waals surface area contributed by atoms with E-state index in [-0.39, 0.29) is 17.6 Å². The number of fused-ring (bicyclic) bond motifs is 2. The van der Waals surface area contributed by atoms with E-state index in [1.807, 2.05) is 0 Å². The Hall–Kier alpha value is -2.91. The van der Waals surface area contributed by atoms with Gasteiger partial charge < -0.3 is 9.73 Å². The molecule has 154 valence electrons. The highest BCUT2D eigenvalue weighted by Crippen LogP contribution is 2.37. The van der Waals surface area contributed by atoms with Gasteiger partial charge in [-0.25, -0.2) is 4.98 Å². The minimum absolute atomic E-state index is 0.203. The second-order valence-electron chi connectivity index (χ2n) is 6.47. The molecule has 0 fully saturated rings. The summed E-state index contributed by atoms with van der Waals surface area (Å²) in [6.07, 6.45) is 1.43. The number of hydrogen-bond donors (Lipinski definition) is 2. The molecule has 5 aromatic rings. The van der Waals surface area contributed by atoms with Crippen LogP contribution in [0.4, 0.5) is 10.8 Å². The number of nitrogens with one attached hydrogen (secondary N) is 2. The topological polar surface area (TPSA) is 84.2 Å². The van der Waals surface area contributed by atoms with Crippen LogP contribution in [0.3, 0.4) is 0 Å². The zero-order valence-corrected chi connectivity index (χ0v) is 18.6. The molecule has 2 aromatic carbocycles. The van der Waals surface area contributed by atoms with Crippen molar-refractivity contribution in [1.82, 2.24) is 4.98 Å². The molecule has 2 N–H and O–H groups in total. The fourth-order valence-corrected chi connectivity index (χ4v) is 5.58. The molecule has 0 atom stereocenters. The highest BCUT2D eigenvalue weighted by Gasteiger charge is 2.18. The van der Waals surface area contributed by atoms with Crippen LogP contribution in [0.2, 0.25) is 10.0 Å². The van der Waals surface area contributed by atoms with Gasteiger partial charge in [0.05, 0.1) is 21.5 Å². The second kappa shape index (κ2) is 7.97. The number of thiazole rings is 1. The normalized spacial score (nSPS) is 11.2. The fraction of sp³-hybridized carbons (Fsp3) is 0. The lowest BCUT2D eigenvalue weighted by atomic mass is 10.2. The Kier molecular flexibility index (Phi) is 5.15. The number of furan rings is 1. The van der Waals surface area contributed by atoms with Gasteiger partial charge in [0.2, 0.25) is 0 Å². The highest BCUT2D eigenvalue weighted by atomic mass is 35.5. The van der Waals surface area contributed by atoms with Crippen molar-refractivity contribution >= 4 is 88.8 Å². The molecule has 0 saturated carbocycles. The number of hydrogen-bond acceptors (Lipinski definition) is 6. The van der Waals surface area contributed by atoms with Crippen molar-refractivity contribution in [2.45, 2.75) is 0 Å². The Morgan fingerprint density at radius 3 is 2.61 bits per heavy atom. The van der Waals surface area contributed by atoms with Gasteiger partial charge in [-0.3, -0.25) is 14.9 Å². The second-order valence-corrected chi connectivity index (χ2v) is 9.37. The van der Waals surface area contributed by atoms with Gasteiger partial charge in [-0.15, -0.1) is 11.3 Å². The van der Waals surface area contributed by atoms with Gasteiger partial charge in [-0.2, -0.15) is 0 Å². The SMILES string of the molecule is O=C(Nc1nc2ccc(NC(=O)c3sc4cc(Cl)ccc4c3Cl)cc2s1)c1ccco1. The molecule has 3 heterocycles. The summed E-state index contributed by atoms with van der Waals surface area (Å²) in [5.41, 5.74) is 1.30. The number of nitrogens with zero attached hydrogens (tertiary/aromatic N) is 1. The number of amides is 2. The third-order valence-electron chi connectivity index (χ3n) is 4.41. The summed E-state index contributed by atoms with van der Waals surface area (Å²) >= 11 is 15.0. The molecule has 3 aromatic heterocycles. The number of halogens is 2. The maximum Gasteiger partial charge on any atom is 0.293 e. The molecule has 0 radical (unpaired) electrons. The molecule has 10 heteroatoms. The molecule has 31 heavy (non-hydrogen) atoms. The Bertz CT molecular complexity index is 1460. The minimum Gasteiger partial charge on any atom is -0.459 e. The van der Waals surface area contributed by atoms with Crippen LogP contribution in [-0.2, 0) is 0 Å². The maximum absolute atomic E-state index is 12.8. The summed E-state index contributed by atoms with van der Waals surface area (Å²) in [7, 11) is 0. The maximum atomic E-state index is 12.8. The first-order valence-electron chi connectivity index (χ1n) is 8.92. The van der Waals surface area contributed by atoms with Gasteiger partial charge in [0.1, 0.15) is 4.88 Å². The van der Waals surface area contributed by atoms with Crippen molar-refractivity contribution in [2.75, 3.05) is 10.6 Å². The summed E-state index contributed by atoms with van der Waals surface area (Å²) in [4.78, 5) is 29.7. The zero-order chi connectivity index (χ0) is 21.5. The van der Waals surface area contributed by atoms with Crippen LogP contribution in [0.25, 0.3) is 20.3 Å². The van der Waals surface area contributed by atoms with Crippen molar-refractivity contribution in [3.63, 3.8) is 0 Å². The van der Waals surface area contributed by atoms with Crippen LogP contribution in [-0.4, -0.2) is 16.8 Å². The first-order chi connectivity index (χ1) is 15.0. The molecular weight excluding hydrogens is 477 g/mol. The van der Waals surface area contributed by atoms with Gasteiger partial charge in [-0.1, -0.05) is 40.6 Å². The van der Waals surface area contributed by atoms with E-state index in [0.717, 1.165) is 14.8 Å². The van der Waals surface area contributed by atoms with Crippen LogP contribution in [0.1, 0.15) is 20.2 Å². The quantitative estimate of drug-likeness (QED) is 0.288. The number of carbonyl (C=O) groups excluding carboxylic acids is 2. The van der Waals surface area contributed by atoms with E-state index < -0.39 is 0 Å². The predicted octanol–water partition coefficient (Wildman–Crippen LogP) is 6.92. The van der Waals surface area contributed by atoms with E-state index >= 15 is 0 Å². The highest BCUT2D eigenvalue weighted by molar-refractivity contribution is 7.22. The Morgan fingerprint density at radius 2 is 1.81 bits per heavy atom. The van der Waals surface area contributed by atoms with Crippen LogP contribution in [0.15, 0.2) is 59.2 Å². The molecule has 0 aliphatic heterocycles. The monoisotopic (exact) mass is 487 g/mol. The van der Waals surface area contributed by atoms with Crippen molar-refractivity contribution in [3.05, 3.63) is 75.5 Å². The largest absolute Gasteiger partial charge is 0.459 e. The van der Waals surface area contributed by atoms with E-state index in [9.17, 15) is 9.59 Å². The number of thiophene rings is 1. The average molecular weight is 488 g/mol. The van der Waals surface area contributed by atoms with Gasteiger partial charge >= 0.3 is 0 Å². The number of anilines is 2. The van der Waals surface area contributed by atoms with Crippen LogP contribution in [0.5, 0.6) is 0 Å². The molecule has 0 aliphatic rings. The van der Waals surface area contributed by atoms with Gasteiger partial charge in [-0.05, 0) is 42.5 Å². The summed E-state index contributed by atoms with van der Waals surface area (Å²) in [6, 6.07) is 13.9. The van der Waals surface area contributed by atoms with Crippen LogP contribution in [0, 0.1) is 0 Å². The first kappa shape index (κ1) is 20.0. The Balaban J connectivity index is 1.37. The summed E-state index contributed by atoms with van der Waals surface area (Å²) in [5, 5.41) is 7.79. The molecular formula is C21H11Cl2N3O3S2. The van der Waals surface area contributed by atoms with E-state index in [0.29, 0.717) is 31.3 Å². The number of rotatable bonds is 4. The number of carbonyl (C=O) groups is 2. The lowest BCUT2D eigenvalue weighted by Crippen LogP contribution is -2.10. The molecule has 2 amide bonds. The standard InChI is InChI=1S/C21H11Cl2N3O3S2/c22-10-3-5-12-15(8-10)30-18(17(12)23)20(28)24-11-4-6-13-16(9-11)31-21(25-13)26-19(27)14-2-1-7-29-14/h1-9H,(H,24,28)(H,25,26,27). The molecule has 0 saturated heterocycles. The van der Waals surface area contributed by atoms with Crippen molar-refractivity contribution in [2.24, 2.45) is 0 Å². The van der Waals surface area contributed by atoms with Crippen molar-refractivity contribution in [3.8, 4) is 0 Å². The Morgan fingerprint density at radius 1 is 0.935 bits per heavy atom. The zero-order valence-electron chi connectivity index (χ0n) is 15.4. The summed E-state index contributed by atoms with van der Waals surface area (Å²) < 4.78 is 6.74. The fourth-order valence-electron chi connectivity index (χ4n) is 3.00. The number of aromatic nitrogens is 1. The van der Waals surface area contributed by atoms with Gasteiger partial charge in [0, 0.05) is 20.8 Å². The van der Waals surface area contributed by atoms with Crippen molar-refractivity contribution in [1.29, 1.82) is 0 Å². The Labute approximate surface area is 193 Å². The average Bonchev–Trinajstić information content (AvgIpc) is 3.46. The van der Waals surface area contributed by atoms with E-state index in [2.05, 4.69) is 15.6 Å². The summed E-state index contributed by atoms with van der Waals surface area (Å²) in [6.45, 7) is 0. The molecule has 0 spiro atoms. The molecule has 0 aliphatic carbocycles. The molecule has 0 bridgehead atoms. The third-order valence-corrected chi connectivity index (χ3v) is 7.23. The van der Waals surface area contributed by atoms with Crippen LogP contribution >= 0.6 is 45.9 Å².